The van der Waals surface area contributed by atoms with Crippen LogP contribution in [-0.4, -0.2) is 69.1 Å². The Morgan fingerprint density at radius 2 is 1.65 bits per heavy atom. The van der Waals surface area contributed by atoms with E-state index in [-0.39, 0.29) is 30.1 Å². The molecule has 8 nitrogen and oxygen atoms in total. The summed E-state index contributed by atoms with van der Waals surface area (Å²) in [6, 6.07) is 4.30. The van der Waals surface area contributed by atoms with E-state index in [1.807, 2.05) is 4.90 Å². The Labute approximate surface area is 188 Å². The number of piperazine rings is 1. The molecule has 9 heteroatoms. The fourth-order valence-corrected chi connectivity index (χ4v) is 4.47. The van der Waals surface area contributed by atoms with Crippen LogP contribution in [0.5, 0.6) is 0 Å². The molecule has 0 aromatic carbocycles. The van der Waals surface area contributed by atoms with Gasteiger partial charge in [0.15, 0.2) is 0 Å². The molecule has 1 N–H and O–H groups in total. The van der Waals surface area contributed by atoms with Gasteiger partial charge in [0.2, 0.25) is 16.9 Å². The molecule has 0 aliphatic carbocycles. The summed E-state index contributed by atoms with van der Waals surface area (Å²) < 4.78 is 2.33. The van der Waals surface area contributed by atoms with Crippen LogP contribution in [0.1, 0.15) is 50.0 Å². The fourth-order valence-electron chi connectivity index (χ4n) is 3.65. The maximum Gasteiger partial charge on any atom is 0.226 e. The smallest absolute Gasteiger partial charge is 0.226 e. The number of carbonyl (C=O) groups is 2. The summed E-state index contributed by atoms with van der Waals surface area (Å²) in [4.78, 5) is 29.0. The highest BCUT2D eigenvalue weighted by atomic mass is 32.1. The van der Waals surface area contributed by atoms with Crippen LogP contribution in [0, 0.1) is 13.8 Å². The molecule has 3 rings (SSSR count). The van der Waals surface area contributed by atoms with Crippen molar-refractivity contribution < 1.29 is 9.59 Å². The van der Waals surface area contributed by atoms with Gasteiger partial charge in [0.05, 0.1) is 0 Å². The van der Waals surface area contributed by atoms with Crippen molar-refractivity contribution in [3.63, 3.8) is 0 Å². The summed E-state index contributed by atoms with van der Waals surface area (Å²) >= 11 is 1.38. The predicted octanol–water partition coefficient (Wildman–Crippen LogP) is 2.82. The van der Waals surface area contributed by atoms with E-state index in [0.29, 0.717) is 5.13 Å². The standard InChI is InChI=1S/C22H34N6O2S/c1-16-6-7-17(2)28(16)15-12-26-10-13-27(14-11-26)19(30)9-8-18(29)23-21-25-24-20(31-21)22(3,4)5/h6-7H,8-15H2,1-5H3,(H,23,25,29). The lowest BCUT2D eigenvalue weighted by Gasteiger charge is -2.35. The number of carbonyl (C=O) groups excluding carboxylic acids is 2. The van der Waals surface area contributed by atoms with Crippen LogP contribution in [-0.2, 0) is 21.5 Å². The number of rotatable bonds is 7. The number of nitrogens with one attached hydrogen (secondary N) is 1. The van der Waals surface area contributed by atoms with E-state index in [4.69, 9.17) is 0 Å². The summed E-state index contributed by atoms with van der Waals surface area (Å²) in [5.41, 5.74) is 2.47. The minimum atomic E-state index is -0.193. The van der Waals surface area contributed by atoms with E-state index in [1.54, 1.807) is 0 Å². The summed E-state index contributed by atoms with van der Waals surface area (Å²) in [6.07, 6.45) is 0.383. The first-order chi connectivity index (χ1) is 14.6. The number of amides is 2. The molecule has 170 valence electrons. The third-order valence-electron chi connectivity index (χ3n) is 5.66. The van der Waals surface area contributed by atoms with Crippen molar-refractivity contribution in [3.8, 4) is 0 Å². The molecule has 1 aliphatic heterocycles. The first-order valence-electron chi connectivity index (χ1n) is 10.9. The van der Waals surface area contributed by atoms with Crippen molar-refractivity contribution >= 4 is 28.3 Å². The van der Waals surface area contributed by atoms with Gasteiger partial charge in [0.25, 0.3) is 0 Å². The van der Waals surface area contributed by atoms with Gasteiger partial charge in [-0.25, -0.2) is 0 Å². The van der Waals surface area contributed by atoms with Crippen LogP contribution in [0.2, 0.25) is 0 Å². The third-order valence-corrected chi connectivity index (χ3v) is 6.93. The van der Waals surface area contributed by atoms with Gasteiger partial charge in [0, 0.05) is 68.9 Å². The Balaban J connectivity index is 1.37. The number of anilines is 1. The lowest BCUT2D eigenvalue weighted by atomic mass is 9.98. The number of hydrogen-bond donors (Lipinski definition) is 1. The molecule has 0 radical (unpaired) electrons. The minimum absolute atomic E-state index is 0.0412. The van der Waals surface area contributed by atoms with Crippen LogP contribution in [0.4, 0.5) is 5.13 Å². The molecule has 3 heterocycles. The van der Waals surface area contributed by atoms with E-state index in [9.17, 15) is 9.59 Å². The lowest BCUT2D eigenvalue weighted by Crippen LogP contribution is -2.49. The summed E-state index contributed by atoms with van der Waals surface area (Å²) in [7, 11) is 0. The molecule has 0 unspecified atom stereocenters. The molecule has 2 aromatic rings. The van der Waals surface area contributed by atoms with Gasteiger partial charge >= 0.3 is 0 Å². The van der Waals surface area contributed by atoms with Gasteiger partial charge in [-0.1, -0.05) is 32.1 Å². The average Bonchev–Trinajstić information content (AvgIpc) is 3.31. The zero-order valence-electron chi connectivity index (χ0n) is 19.3. The van der Waals surface area contributed by atoms with Gasteiger partial charge in [-0.2, -0.15) is 0 Å². The lowest BCUT2D eigenvalue weighted by molar-refractivity contribution is -0.134. The molecular weight excluding hydrogens is 412 g/mol. The van der Waals surface area contributed by atoms with Gasteiger partial charge < -0.3 is 14.8 Å². The highest BCUT2D eigenvalue weighted by molar-refractivity contribution is 7.15. The van der Waals surface area contributed by atoms with Crippen molar-refractivity contribution in [3.05, 3.63) is 28.5 Å². The molecule has 0 bridgehead atoms. The van der Waals surface area contributed by atoms with Crippen molar-refractivity contribution in [2.75, 3.05) is 38.0 Å². The zero-order chi connectivity index (χ0) is 22.6. The van der Waals surface area contributed by atoms with Gasteiger partial charge in [-0.3, -0.25) is 14.5 Å². The molecule has 1 saturated heterocycles. The van der Waals surface area contributed by atoms with Gasteiger partial charge in [0.1, 0.15) is 5.01 Å². The van der Waals surface area contributed by atoms with Crippen LogP contribution in [0.25, 0.3) is 0 Å². The normalized spacial score (nSPS) is 15.3. The molecular formula is C22H34N6O2S. The maximum atomic E-state index is 12.5. The summed E-state index contributed by atoms with van der Waals surface area (Å²) in [5.74, 6) is -0.152. The Morgan fingerprint density at radius 3 is 2.23 bits per heavy atom. The SMILES string of the molecule is Cc1ccc(C)n1CCN1CCN(C(=O)CCC(=O)Nc2nnc(C(C)(C)C)s2)CC1. The molecule has 0 spiro atoms. The van der Waals surface area contributed by atoms with Crippen LogP contribution in [0.3, 0.4) is 0 Å². The fraction of sp³-hybridized carbons (Fsp3) is 0.636. The van der Waals surface area contributed by atoms with Crippen molar-refractivity contribution in [1.29, 1.82) is 0 Å². The summed E-state index contributed by atoms with van der Waals surface area (Å²) in [5, 5.41) is 12.3. The topological polar surface area (TPSA) is 83.4 Å². The second-order valence-electron chi connectivity index (χ2n) is 9.20. The highest BCUT2D eigenvalue weighted by Crippen LogP contribution is 2.27. The number of aryl methyl sites for hydroxylation is 2. The van der Waals surface area contributed by atoms with E-state index < -0.39 is 0 Å². The molecule has 0 atom stereocenters. The molecule has 1 aliphatic rings. The number of nitrogens with zero attached hydrogens (tertiary/aromatic N) is 5. The van der Waals surface area contributed by atoms with Crippen LogP contribution < -0.4 is 5.32 Å². The highest BCUT2D eigenvalue weighted by Gasteiger charge is 2.23. The van der Waals surface area contributed by atoms with Crippen LogP contribution >= 0.6 is 11.3 Å². The predicted molar refractivity (Wildman–Crippen MR) is 123 cm³/mol. The average molecular weight is 447 g/mol. The third kappa shape index (κ3) is 6.36. The zero-order valence-corrected chi connectivity index (χ0v) is 20.1. The molecule has 0 saturated carbocycles. The quantitative estimate of drug-likeness (QED) is 0.707. The Kier molecular flexibility index (Phi) is 7.48. The first kappa shape index (κ1) is 23.4. The van der Waals surface area contributed by atoms with Crippen LogP contribution in [0.15, 0.2) is 12.1 Å². The Hall–Kier alpha value is -2.26. The first-order valence-corrected chi connectivity index (χ1v) is 11.7. The van der Waals surface area contributed by atoms with E-state index in [0.717, 1.165) is 44.3 Å². The van der Waals surface area contributed by atoms with E-state index in [1.165, 1.54) is 22.7 Å². The van der Waals surface area contributed by atoms with E-state index in [2.05, 4.69) is 71.7 Å². The summed E-state index contributed by atoms with van der Waals surface area (Å²) in [6.45, 7) is 15.6. The second kappa shape index (κ2) is 9.91. The van der Waals surface area contributed by atoms with Crippen molar-refractivity contribution in [2.45, 2.75) is 59.4 Å². The largest absolute Gasteiger partial charge is 0.348 e. The molecule has 2 amide bonds. The Morgan fingerprint density at radius 1 is 1.00 bits per heavy atom. The second-order valence-corrected chi connectivity index (χ2v) is 10.2. The van der Waals surface area contributed by atoms with E-state index >= 15 is 0 Å². The van der Waals surface area contributed by atoms with Gasteiger partial charge in [-0.15, -0.1) is 10.2 Å². The maximum absolute atomic E-state index is 12.5. The molecule has 2 aromatic heterocycles. The molecule has 1 fully saturated rings. The van der Waals surface area contributed by atoms with Crippen molar-refractivity contribution in [1.82, 2.24) is 24.6 Å². The van der Waals surface area contributed by atoms with Gasteiger partial charge in [-0.05, 0) is 26.0 Å². The van der Waals surface area contributed by atoms with Crippen molar-refractivity contribution in [2.24, 2.45) is 0 Å². The monoisotopic (exact) mass is 446 g/mol. The molecule has 31 heavy (non-hydrogen) atoms. The number of aromatic nitrogens is 3. The minimum Gasteiger partial charge on any atom is -0.348 e. The number of hydrogen-bond acceptors (Lipinski definition) is 6. The Bertz CT molecular complexity index is 886.